The Kier molecular flexibility index (Phi) is 11.7. The molecule has 2 heterocycles. The summed E-state index contributed by atoms with van der Waals surface area (Å²) < 4.78 is 0. The fourth-order valence-corrected chi connectivity index (χ4v) is 7.87. The first-order valence-electron chi connectivity index (χ1n) is 18.2. The maximum Gasteiger partial charge on any atom is 0.289 e. The number of carbonyl (C=O) groups excluding carboxylic acids is 6. The van der Waals surface area contributed by atoms with Crippen LogP contribution in [0.3, 0.4) is 0 Å². The summed E-state index contributed by atoms with van der Waals surface area (Å²) >= 11 is 0. The molecule has 4 fully saturated rings. The minimum absolute atomic E-state index is 0.0132. The van der Waals surface area contributed by atoms with E-state index in [2.05, 4.69) is 31.2 Å². The Morgan fingerprint density at radius 3 is 2.27 bits per heavy atom. The zero-order chi connectivity index (χ0) is 35.3. The van der Waals surface area contributed by atoms with Gasteiger partial charge in [0.2, 0.25) is 23.5 Å². The summed E-state index contributed by atoms with van der Waals surface area (Å²) in [5, 5.41) is 11.5. The van der Waals surface area contributed by atoms with Crippen LogP contribution in [0.1, 0.15) is 115 Å². The van der Waals surface area contributed by atoms with Gasteiger partial charge in [0.1, 0.15) is 23.8 Å². The van der Waals surface area contributed by atoms with Crippen LogP contribution in [0.4, 0.5) is 0 Å². The van der Waals surface area contributed by atoms with Gasteiger partial charge in [-0.05, 0) is 68.1 Å². The summed E-state index contributed by atoms with van der Waals surface area (Å²) in [5.41, 5.74) is -0.638. The van der Waals surface area contributed by atoms with E-state index in [-0.39, 0.29) is 35.4 Å². The van der Waals surface area contributed by atoms with Crippen LogP contribution in [0, 0.1) is 23.2 Å². The number of hydrogen-bond acceptors (Lipinski definition) is 8. The molecule has 268 valence electrons. The molecule has 1 aromatic rings. The van der Waals surface area contributed by atoms with E-state index < -0.39 is 59.0 Å². The summed E-state index contributed by atoms with van der Waals surface area (Å²) in [5.74, 6) is -3.20. The molecule has 3 aliphatic carbocycles. The molecule has 0 spiro atoms. The van der Waals surface area contributed by atoms with Crippen molar-refractivity contribution in [2.45, 2.75) is 135 Å². The highest BCUT2D eigenvalue weighted by Crippen LogP contribution is 2.43. The third kappa shape index (κ3) is 8.83. The van der Waals surface area contributed by atoms with Gasteiger partial charge in [0, 0.05) is 25.0 Å². The van der Waals surface area contributed by atoms with Crippen LogP contribution in [-0.4, -0.2) is 86.9 Å². The van der Waals surface area contributed by atoms with Gasteiger partial charge in [-0.15, -0.1) is 0 Å². The molecule has 4 N–H and O–H groups in total. The summed E-state index contributed by atoms with van der Waals surface area (Å²) in [6.07, 6.45) is 13.9. The summed E-state index contributed by atoms with van der Waals surface area (Å²) in [4.78, 5) is 91.4. The van der Waals surface area contributed by atoms with Gasteiger partial charge in [0.15, 0.2) is 0 Å². The van der Waals surface area contributed by atoms with Crippen molar-refractivity contribution in [3.05, 3.63) is 24.3 Å². The molecule has 13 heteroatoms. The highest BCUT2D eigenvalue weighted by Gasteiger charge is 2.52. The molecular formula is C36H53N7O6. The molecule has 49 heavy (non-hydrogen) atoms. The van der Waals surface area contributed by atoms with Crippen molar-refractivity contribution in [3.63, 3.8) is 0 Å². The molecule has 1 aromatic heterocycles. The SMILES string of the molecule is CCC[C@H](NC(=O)[C@@H]1[C@@H]2CCC[C@@H]2CN1C(=O)[C@H](NC(=O)[C@@H](NC(=O)c1cnccn1)C1CCCCC1)C(C)(C)C)C(=O)C(=O)NC1CC1. The van der Waals surface area contributed by atoms with E-state index >= 15 is 0 Å². The first-order chi connectivity index (χ1) is 23.4. The standard InChI is InChI=1S/C36H53N7O6/c1-5-10-25(29(44)34(48)39-23-15-16-23)40-33(47)28-24-14-9-13-22(24)20-43(28)35(49)30(36(2,3)4)42-32(46)27(21-11-7-6-8-12-21)41-31(45)26-19-37-17-18-38-26/h17-19,21-25,27-28,30H,5-16,20H2,1-4H3,(H,39,48)(H,40,47)(H,41,45)(H,42,46)/t22-,24-,25+,27+,28+,30+/m1/s1. The highest BCUT2D eigenvalue weighted by atomic mass is 16.2. The van der Waals surface area contributed by atoms with Crippen molar-refractivity contribution in [3.8, 4) is 0 Å². The van der Waals surface area contributed by atoms with E-state index in [1.807, 2.05) is 27.7 Å². The van der Waals surface area contributed by atoms with Crippen LogP contribution < -0.4 is 21.3 Å². The number of hydrogen-bond donors (Lipinski definition) is 4. The minimum atomic E-state index is -0.994. The maximum atomic E-state index is 14.6. The molecule has 1 aliphatic heterocycles. The number of rotatable bonds is 13. The van der Waals surface area contributed by atoms with E-state index in [1.165, 1.54) is 18.6 Å². The minimum Gasteiger partial charge on any atom is -0.347 e. The van der Waals surface area contributed by atoms with Crippen molar-refractivity contribution in [1.82, 2.24) is 36.1 Å². The van der Waals surface area contributed by atoms with Crippen LogP contribution in [-0.2, 0) is 24.0 Å². The third-order valence-electron chi connectivity index (χ3n) is 10.7. The molecule has 6 atom stereocenters. The first kappa shape index (κ1) is 36.4. The van der Waals surface area contributed by atoms with Crippen LogP contribution in [0.25, 0.3) is 0 Å². The van der Waals surface area contributed by atoms with Gasteiger partial charge >= 0.3 is 0 Å². The summed E-state index contributed by atoms with van der Waals surface area (Å²) in [7, 11) is 0. The van der Waals surface area contributed by atoms with E-state index in [0.717, 1.165) is 64.2 Å². The zero-order valence-corrected chi connectivity index (χ0v) is 29.3. The number of fused-ring (bicyclic) bond motifs is 1. The van der Waals surface area contributed by atoms with Gasteiger partial charge in [0.25, 0.3) is 11.8 Å². The van der Waals surface area contributed by atoms with Crippen LogP contribution >= 0.6 is 0 Å². The Balaban J connectivity index is 1.36. The molecule has 5 rings (SSSR count). The Labute approximate surface area is 288 Å². The molecule has 1 saturated heterocycles. The number of carbonyl (C=O) groups is 6. The smallest absolute Gasteiger partial charge is 0.289 e. The number of aromatic nitrogens is 2. The Morgan fingerprint density at radius 2 is 1.63 bits per heavy atom. The molecule has 3 saturated carbocycles. The third-order valence-corrected chi connectivity index (χ3v) is 10.7. The fraction of sp³-hybridized carbons (Fsp3) is 0.722. The van der Waals surface area contributed by atoms with Gasteiger partial charge in [-0.1, -0.05) is 59.8 Å². The molecule has 5 amide bonds. The van der Waals surface area contributed by atoms with Crippen LogP contribution in [0.2, 0.25) is 0 Å². The lowest BCUT2D eigenvalue weighted by Gasteiger charge is -2.38. The summed E-state index contributed by atoms with van der Waals surface area (Å²) in [6.45, 7) is 7.85. The monoisotopic (exact) mass is 679 g/mol. The Morgan fingerprint density at radius 1 is 0.898 bits per heavy atom. The van der Waals surface area contributed by atoms with E-state index in [1.54, 1.807) is 4.90 Å². The molecule has 0 aromatic carbocycles. The van der Waals surface area contributed by atoms with E-state index in [9.17, 15) is 28.8 Å². The van der Waals surface area contributed by atoms with Gasteiger partial charge in [-0.3, -0.25) is 33.8 Å². The van der Waals surface area contributed by atoms with Gasteiger partial charge in [-0.2, -0.15) is 0 Å². The predicted octanol–water partition coefficient (Wildman–Crippen LogP) is 2.45. The molecule has 0 radical (unpaired) electrons. The van der Waals surface area contributed by atoms with Gasteiger partial charge in [-0.25, -0.2) is 4.98 Å². The van der Waals surface area contributed by atoms with Crippen molar-refractivity contribution in [2.75, 3.05) is 6.54 Å². The van der Waals surface area contributed by atoms with Crippen LogP contribution in [0.5, 0.6) is 0 Å². The zero-order valence-electron chi connectivity index (χ0n) is 29.3. The fourth-order valence-electron chi connectivity index (χ4n) is 7.87. The average molecular weight is 680 g/mol. The van der Waals surface area contributed by atoms with Crippen molar-refractivity contribution in [2.24, 2.45) is 23.2 Å². The first-order valence-corrected chi connectivity index (χ1v) is 18.2. The summed E-state index contributed by atoms with van der Waals surface area (Å²) in [6, 6.07) is -3.68. The quantitative estimate of drug-likeness (QED) is 0.230. The van der Waals surface area contributed by atoms with Crippen molar-refractivity contribution in [1.29, 1.82) is 0 Å². The second-order valence-corrected chi connectivity index (χ2v) is 15.5. The Bertz CT molecular complexity index is 1390. The number of ketones is 1. The van der Waals surface area contributed by atoms with Gasteiger partial charge < -0.3 is 26.2 Å². The van der Waals surface area contributed by atoms with Crippen molar-refractivity contribution < 1.29 is 28.8 Å². The predicted molar refractivity (Wildman–Crippen MR) is 181 cm³/mol. The van der Waals surface area contributed by atoms with Gasteiger partial charge in [0.05, 0.1) is 12.2 Å². The van der Waals surface area contributed by atoms with Crippen LogP contribution in [0.15, 0.2) is 18.6 Å². The topological polar surface area (TPSA) is 180 Å². The molecule has 0 bridgehead atoms. The second kappa shape index (κ2) is 15.8. The molecule has 0 unspecified atom stereocenters. The number of nitrogens with one attached hydrogen (secondary N) is 4. The maximum absolute atomic E-state index is 14.6. The number of amides is 5. The molecule has 4 aliphatic rings. The van der Waals surface area contributed by atoms with E-state index in [4.69, 9.17) is 0 Å². The lowest BCUT2D eigenvalue weighted by atomic mass is 9.82. The lowest BCUT2D eigenvalue weighted by Crippen LogP contribution is -2.62. The molecule has 13 nitrogen and oxygen atoms in total. The lowest BCUT2D eigenvalue weighted by molar-refractivity contribution is -0.146. The largest absolute Gasteiger partial charge is 0.347 e. The molecular weight excluding hydrogens is 626 g/mol. The van der Waals surface area contributed by atoms with Crippen molar-refractivity contribution >= 4 is 35.3 Å². The number of nitrogens with zero attached hydrogens (tertiary/aromatic N) is 3. The Hall–Kier alpha value is -3.90. The highest BCUT2D eigenvalue weighted by molar-refractivity contribution is 6.38. The second-order valence-electron chi connectivity index (χ2n) is 15.5. The number of likely N-dealkylation sites (tertiary alicyclic amines) is 1. The number of Topliss-reactive ketones (excluding diaryl/α,β-unsaturated/α-hetero) is 1. The van der Waals surface area contributed by atoms with E-state index in [0.29, 0.717) is 19.4 Å². The normalized spacial score (nSPS) is 24.2. The average Bonchev–Trinajstić information content (AvgIpc) is 3.65.